The average molecular weight is 180 g/mol. The Morgan fingerprint density at radius 2 is 1.85 bits per heavy atom. The highest BCUT2D eigenvalue weighted by Gasteiger charge is 1.99. The summed E-state index contributed by atoms with van der Waals surface area (Å²) < 4.78 is 0. The molecule has 13 heavy (non-hydrogen) atoms. The van der Waals surface area contributed by atoms with Crippen LogP contribution in [0.1, 0.15) is 25.0 Å². The van der Waals surface area contributed by atoms with Gasteiger partial charge in [0.1, 0.15) is 0 Å². The lowest BCUT2D eigenvalue weighted by Gasteiger charge is -2.00. The van der Waals surface area contributed by atoms with Gasteiger partial charge in [-0.3, -0.25) is 0 Å². The van der Waals surface area contributed by atoms with E-state index in [1.54, 1.807) is 0 Å². The summed E-state index contributed by atoms with van der Waals surface area (Å²) in [6.07, 6.45) is 0. The van der Waals surface area contributed by atoms with Crippen molar-refractivity contribution in [3.05, 3.63) is 35.4 Å². The minimum atomic E-state index is 0.156. The maximum absolute atomic E-state index is 8.38. The standard InChI is InChI=1S/C8H10N2O.C2H6/c1-6-4-2-3-5-7(6)8(9)10-11;1-2/h2-5,11H,1H3,(H2,9,10);1-2H3. The average Bonchev–Trinajstić information content (AvgIpc) is 2.20. The second-order valence-electron chi connectivity index (χ2n) is 2.30. The second kappa shape index (κ2) is 6.06. The van der Waals surface area contributed by atoms with Gasteiger partial charge in [0, 0.05) is 5.56 Å². The molecule has 0 saturated heterocycles. The van der Waals surface area contributed by atoms with Gasteiger partial charge in [-0.15, -0.1) is 0 Å². The lowest BCUT2D eigenvalue weighted by atomic mass is 10.1. The van der Waals surface area contributed by atoms with Crippen LogP contribution in [0.5, 0.6) is 0 Å². The van der Waals surface area contributed by atoms with Gasteiger partial charge in [0.05, 0.1) is 0 Å². The van der Waals surface area contributed by atoms with Crippen molar-refractivity contribution >= 4 is 5.84 Å². The van der Waals surface area contributed by atoms with Gasteiger partial charge in [0.15, 0.2) is 5.84 Å². The first-order valence-electron chi connectivity index (χ1n) is 4.29. The van der Waals surface area contributed by atoms with Gasteiger partial charge in [-0.1, -0.05) is 43.3 Å². The number of hydrogen-bond acceptors (Lipinski definition) is 2. The molecule has 1 aromatic carbocycles. The van der Waals surface area contributed by atoms with E-state index < -0.39 is 0 Å². The first-order valence-corrected chi connectivity index (χ1v) is 4.29. The van der Waals surface area contributed by atoms with Gasteiger partial charge in [-0.2, -0.15) is 0 Å². The Labute approximate surface area is 78.9 Å². The third kappa shape index (κ3) is 3.15. The Hall–Kier alpha value is -1.51. The number of rotatable bonds is 1. The van der Waals surface area contributed by atoms with Crippen LogP contribution in [0.2, 0.25) is 0 Å². The number of aryl methyl sites for hydroxylation is 1. The molecule has 0 amide bonds. The molecule has 0 aliphatic rings. The smallest absolute Gasteiger partial charge is 0.170 e. The molecule has 3 nitrogen and oxygen atoms in total. The molecule has 0 heterocycles. The fourth-order valence-electron chi connectivity index (χ4n) is 0.914. The van der Waals surface area contributed by atoms with Crippen LogP contribution in [0.25, 0.3) is 0 Å². The van der Waals surface area contributed by atoms with E-state index in [-0.39, 0.29) is 5.84 Å². The summed E-state index contributed by atoms with van der Waals surface area (Å²) in [5.74, 6) is 0.156. The molecule has 1 aromatic rings. The molecule has 0 aromatic heterocycles. The molecule has 0 radical (unpaired) electrons. The molecule has 0 saturated carbocycles. The summed E-state index contributed by atoms with van der Waals surface area (Å²) in [6.45, 7) is 5.91. The molecular formula is C10H16N2O. The summed E-state index contributed by atoms with van der Waals surface area (Å²) >= 11 is 0. The van der Waals surface area contributed by atoms with Crippen LogP contribution >= 0.6 is 0 Å². The maximum Gasteiger partial charge on any atom is 0.170 e. The predicted molar refractivity (Wildman–Crippen MR) is 55.0 cm³/mol. The van der Waals surface area contributed by atoms with Crippen molar-refractivity contribution in [1.82, 2.24) is 0 Å². The number of amidine groups is 1. The molecule has 0 spiro atoms. The largest absolute Gasteiger partial charge is 0.409 e. The first-order chi connectivity index (χ1) is 6.25. The molecule has 3 N–H and O–H groups in total. The zero-order valence-electron chi connectivity index (χ0n) is 8.28. The molecule has 0 fully saturated rings. The Balaban J connectivity index is 0.000000671. The highest BCUT2D eigenvalue weighted by Crippen LogP contribution is 2.05. The van der Waals surface area contributed by atoms with Crippen LogP contribution in [-0.2, 0) is 0 Å². The van der Waals surface area contributed by atoms with Crippen molar-refractivity contribution in [3.8, 4) is 0 Å². The van der Waals surface area contributed by atoms with Crippen LogP contribution < -0.4 is 5.73 Å². The van der Waals surface area contributed by atoms with Crippen molar-refractivity contribution in [3.63, 3.8) is 0 Å². The molecule has 0 atom stereocenters. The molecule has 72 valence electrons. The van der Waals surface area contributed by atoms with E-state index in [1.807, 2.05) is 45.0 Å². The van der Waals surface area contributed by atoms with Crippen LogP contribution in [-0.4, -0.2) is 11.0 Å². The topological polar surface area (TPSA) is 58.6 Å². The third-order valence-electron chi connectivity index (χ3n) is 1.53. The van der Waals surface area contributed by atoms with Crippen LogP contribution in [0.3, 0.4) is 0 Å². The summed E-state index contributed by atoms with van der Waals surface area (Å²) in [5, 5.41) is 11.3. The molecular weight excluding hydrogens is 164 g/mol. The number of nitrogens with zero attached hydrogens (tertiary/aromatic N) is 1. The van der Waals surface area contributed by atoms with Crippen LogP contribution in [0, 0.1) is 6.92 Å². The SMILES string of the molecule is CC.Cc1ccccc1/C(N)=N\O. The van der Waals surface area contributed by atoms with Gasteiger partial charge in [-0.05, 0) is 12.5 Å². The minimum Gasteiger partial charge on any atom is -0.409 e. The van der Waals surface area contributed by atoms with Crippen molar-refractivity contribution in [2.45, 2.75) is 20.8 Å². The second-order valence-corrected chi connectivity index (χ2v) is 2.30. The monoisotopic (exact) mass is 180 g/mol. The van der Waals surface area contributed by atoms with E-state index in [1.165, 1.54) is 0 Å². The zero-order valence-corrected chi connectivity index (χ0v) is 8.28. The lowest BCUT2D eigenvalue weighted by molar-refractivity contribution is 0.318. The summed E-state index contributed by atoms with van der Waals surface area (Å²) in [5.41, 5.74) is 7.17. The summed E-state index contributed by atoms with van der Waals surface area (Å²) in [6, 6.07) is 7.47. The highest BCUT2D eigenvalue weighted by molar-refractivity contribution is 5.98. The predicted octanol–water partition coefficient (Wildman–Crippen LogP) is 2.12. The van der Waals surface area contributed by atoms with Gasteiger partial charge in [0.25, 0.3) is 0 Å². The molecule has 3 heteroatoms. The number of nitrogens with two attached hydrogens (primary N) is 1. The Kier molecular flexibility index (Phi) is 5.35. The molecule has 0 unspecified atom stereocenters. The number of benzene rings is 1. The van der Waals surface area contributed by atoms with Gasteiger partial charge in [0.2, 0.25) is 0 Å². The maximum atomic E-state index is 8.38. The van der Waals surface area contributed by atoms with Gasteiger partial charge in [-0.25, -0.2) is 0 Å². The van der Waals surface area contributed by atoms with Gasteiger partial charge < -0.3 is 10.9 Å². The van der Waals surface area contributed by atoms with Crippen molar-refractivity contribution in [2.24, 2.45) is 10.9 Å². The molecule has 0 aliphatic heterocycles. The van der Waals surface area contributed by atoms with Gasteiger partial charge >= 0.3 is 0 Å². The quantitative estimate of drug-likeness (QED) is 0.301. The van der Waals surface area contributed by atoms with Crippen LogP contribution in [0.4, 0.5) is 0 Å². The summed E-state index contributed by atoms with van der Waals surface area (Å²) in [4.78, 5) is 0. The minimum absolute atomic E-state index is 0.156. The fourth-order valence-corrected chi connectivity index (χ4v) is 0.914. The Bertz CT molecular complexity index is 282. The van der Waals surface area contributed by atoms with E-state index in [0.717, 1.165) is 11.1 Å². The fraction of sp³-hybridized carbons (Fsp3) is 0.300. The molecule has 0 aliphatic carbocycles. The summed E-state index contributed by atoms with van der Waals surface area (Å²) in [7, 11) is 0. The van der Waals surface area contributed by atoms with Crippen molar-refractivity contribution in [1.29, 1.82) is 0 Å². The molecule has 0 bridgehead atoms. The number of hydrogen-bond donors (Lipinski definition) is 2. The zero-order chi connectivity index (χ0) is 10.3. The first kappa shape index (κ1) is 11.5. The van der Waals surface area contributed by atoms with Crippen LogP contribution in [0.15, 0.2) is 29.4 Å². The Morgan fingerprint density at radius 3 is 2.31 bits per heavy atom. The van der Waals surface area contributed by atoms with E-state index >= 15 is 0 Å². The molecule has 1 rings (SSSR count). The van der Waals surface area contributed by atoms with Crippen molar-refractivity contribution in [2.75, 3.05) is 0 Å². The third-order valence-corrected chi connectivity index (χ3v) is 1.53. The van der Waals surface area contributed by atoms with E-state index in [0.29, 0.717) is 0 Å². The van der Waals surface area contributed by atoms with E-state index in [4.69, 9.17) is 10.9 Å². The highest BCUT2D eigenvalue weighted by atomic mass is 16.4. The van der Waals surface area contributed by atoms with E-state index in [2.05, 4.69) is 5.16 Å². The van der Waals surface area contributed by atoms with E-state index in [9.17, 15) is 0 Å². The number of oxime groups is 1. The normalized spacial score (nSPS) is 10.2. The van der Waals surface area contributed by atoms with Crippen molar-refractivity contribution < 1.29 is 5.21 Å². The Morgan fingerprint density at radius 1 is 1.31 bits per heavy atom. The lowest BCUT2D eigenvalue weighted by Crippen LogP contribution is -2.14.